The van der Waals surface area contributed by atoms with E-state index in [1.165, 1.54) is 31.3 Å². The Balaban J connectivity index is 2.03. The number of halogens is 4. The number of amidine groups is 1. The largest absolute Gasteiger partial charge is 0.431 e. The molecule has 1 aliphatic heterocycles. The van der Waals surface area contributed by atoms with Gasteiger partial charge in [0.05, 0.1) is 5.02 Å². The van der Waals surface area contributed by atoms with Gasteiger partial charge in [0.15, 0.2) is 5.54 Å². The Kier molecular flexibility index (Phi) is 5.52. The summed E-state index contributed by atoms with van der Waals surface area (Å²) in [7, 11) is 0. The molecule has 29 heavy (non-hydrogen) atoms. The third-order valence-corrected chi connectivity index (χ3v) is 4.85. The zero-order valence-corrected chi connectivity index (χ0v) is 15.9. The van der Waals surface area contributed by atoms with Crippen LogP contribution in [0.5, 0.6) is 0 Å². The highest BCUT2D eigenvalue weighted by molar-refractivity contribution is 6.30. The molecule has 10 heteroatoms. The predicted molar refractivity (Wildman–Crippen MR) is 102 cm³/mol. The van der Waals surface area contributed by atoms with E-state index >= 15 is 0 Å². The SMILES string of the molecule is C=C1OC(N)=NC(c2cc(NC(=O)c3ccc(Cl)cn3)ccc2F)(C(F)F)C1C. The second-order valence-corrected chi connectivity index (χ2v) is 6.81. The number of alkyl halides is 2. The number of hydrogen-bond donors (Lipinski definition) is 2. The molecule has 1 aromatic carbocycles. The number of nitrogens with zero attached hydrogens (tertiary/aromatic N) is 2. The minimum Gasteiger partial charge on any atom is -0.431 e. The summed E-state index contributed by atoms with van der Waals surface area (Å²) in [6.45, 7) is 4.95. The number of benzene rings is 1. The first-order valence-corrected chi connectivity index (χ1v) is 8.76. The zero-order valence-electron chi connectivity index (χ0n) is 15.1. The lowest BCUT2D eigenvalue weighted by Crippen LogP contribution is -2.46. The molecule has 0 aliphatic carbocycles. The summed E-state index contributed by atoms with van der Waals surface area (Å²) in [5.41, 5.74) is 2.82. The molecule has 0 radical (unpaired) electrons. The van der Waals surface area contributed by atoms with Crippen molar-refractivity contribution in [2.75, 3.05) is 5.32 Å². The maximum absolute atomic E-state index is 14.6. The number of pyridine rings is 1. The summed E-state index contributed by atoms with van der Waals surface area (Å²) in [5, 5.41) is 2.83. The number of hydrogen-bond acceptors (Lipinski definition) is 5. The third-order valence-electron chi connectivity index (χ3n) is 4.62. The van der Waals surface area contributed by atoms with E-state index in [2.05, 4.69) is 21.9 Å². The molecule has 2 heterocycles. The van der Waals surface area contributed by atoms with E-state index in [-0.39, 0.29) is 17.1 Å². The molecule has 6 nitrogen and oxygen atoms in total. The highest BCUT2D eigenvalue weighted by Gasteiger charge is 2.52. The number of amides is 1. The molecule has 2 atom stereocenters. The molecule has 0 saturated heterocycles. The molecule has 2 unspecified atom stereocenters. The van der Waals surface area contributed by atoms with Crippen molar-refractivity contribution in [2.24, 2.45) is 16.6 Å². The lowest BCUT2D eigenvalue weighted by Gasteiger charge is -2.39. The molecular weight excluding hydrogens is 409 g/mol. The van der Waals surface area contributed by atoms with E-state index in [4.69, 9.17) is 22.1 Å². The van der Waals surface area contributed by atoms with E-state index in [0.29, 0.717) is 5.02 Å². The van der Waals surface area contributed by atoms with Crippen LogP contribution in [-0.4, -0.2) is 23.3 Å². The van der Waals surface area contributed by atoms with Crippen LogP contribution in [0.1, 0.15) is 23.0 Å². The number of carbonyl (C=O) groups is 1. The van der Waals surface area contributed by atoms with Crippen molar-refractivity contribution in [3.63, 3.8) is 0 Å². The fourth-order valence-electron chi connectivity index (χ4n) is 3.03. The van der Waals surface area contributed by atoms with E-state index in [1.54, 1.807) is 0 Å². The number of nitrogens with two attached hydrogens (primary N) is 1. The van der Waals surface area contributed by atoms with Crippen molar-refractivity contribution in [1.29, 1.82) is 0 Å². The van der Waals surface area contributed by atoms with Gasteiger partial charge < -0.3 is 15.8 Å². The minimum absolute atomic E-state index is 0.0407. The van der Waals surface area contributed by atoms with Gasteiger partial charge in [-0.05, 0) is 30.3 Å². The molecule has 0 bridgehead atoms. The van der Waals surface area contributed by atoms with Gasteiger partial charge in [-0.3, -0.25) is 4.79 Å². The summed E-state index contributed by atoms with van der Waals surface area (Å²) < 4.78 is 48.1. The van der Waals surface area contributed by atoms with Crippen LogP contribution in [0.4, 0.5) is 18.9 Å². The van der Waals surface area contributed by atoms with Gasteiger partial charge in [-0.1, -0.05) is 25.1 Å². The predicted octanol–water partition coefficient (Wildman–Crippen LogP) is 4.08. The minimum atomic E-state index is -3.13. The van der Waals surface area contributed by atoms with Crippen LogP contribution in [0.25, 0.3) is 0 Å². The quantitative estimate of drug-likeness (QED) is 0.773. The van der Waals surface area contributed by atoms with Crippen molar-refractivity contribution < 1.29 is 22.7 Å². The van der Waals surface area contributed by atoms with Crippen LogP contribution in [0, 0.1) is 11.7 Å². The van der Waals surface area contributed by atoms with Gasteiger partial charge in [-0.25, -0.2) is 23.1 Å². The van der Waals surface area contributed by atoms with Crippen molar-refractivity contribution in [1.82, 2.24) is 4.98 Å². The normalized spacial score (nSPS) is 21.5. The Morgan fingerprint density at radius 2 is 2.10 bits per heavy atom. The van der Waals surface area contributed by atoms with E-state index in [1.807, 2.05) is 0 Å². The summed E-state index contributed by atoms with van der Waals surface area (Å²) >= 11 is 5.74. The lowest BCUT2D eigenvalue weighted by molar-refractivity contribution is 0.00905. The van der Waals surface area contributed by atoms with Crippen LogP contribution in [0.3, 0.4) is 0 Å². The number of nitrogens with one attached hydrogen (secondary N) is 1. The molecule has 3 N–H and O–H groups in total. The first-order chi connectivity index (χ1) is 13.6. The Morgan fingerprint density at radius 1 is 1.38 bits per heavy atom. The van der Waals surface area contributed by atoms with Crippen LogP contribution in [0.2, 0.25) is 5.02 Å². The fraction of sp³-hybridized carbons (Fsp3) is 0.211. The second kappa shape index (κ2) is 7.75. The van der Waals surface area contributed by atoms with E-state index in [9.17, 15) is 18.0 Å². The maximum Gasteiger partial charge on any atom is 0.288 e. The lowest BCUT2D eigenvalue weighted by atomic mass is 9.77. The van der Waals surface area contributed by atoms with Crippen molar-refractivity contribution in [2.45, 2.75) is 18.9 Å². The Labute approximate surface area is 169 Å². The van der Waals surface area contributed by atoms with Crippen molar-refractivity contribution >= 4 is 29.2 Å². The average Bonchev–Trinajstić information content (AvgIpc) is 2.66. The zero-order chi connectivity index (χ0) is 21.3. The number of aromatic nitrogens is 1. The van der Waals surface area contributed by atoms with Crippen LogP contribution < -0.4 is 11.1 Å². The van der Waals surface area contributed by atoms with Gasteiger partial charge in [0, 0.05) is 23.4 Å². The Morgan fingerprint density at radius 3 is 2.72 bits per heavy atom. The molecular formula is C19H16ClF3N4O2. The molecule has 1 amide bonds. The average molecular weight is 425 g/mol. The smallest absolute Gasteiger partial charge is 0.288 e. The number of anilines is 1. The molecule has 3 rings (SSSR count). The molecule has 152 valence electrons. The van der Waals surface area contributed by atoms with E-state index in [0.717, 1.165) is 12.1 Å². The standard InChI is InChI=1S/C19H16ClF3N4O2/c1-9-10(2)29-18(24)27-19(9,17(22)23)13-7-12(4-5-14(13)21)26-16(28)15-6-3-11(20)8-25-15/h3-9,17H,2H2,1H3,(H2,24,27)(H,26,28). The van der Waals surface area contributed by atoms with Gasteiger partial charge in [0.25, 0.3) is 18.4 Å². The topological polar surface area (TPSA) is 89.6 Å². The highest BCUT2D eigenvalue weighted by Crippen LogP contribution is 2.46. The third kappa shape index (κ3) is 3.77. The number of aliphatic imine (C=N–C) groups is 1. The molecule has 1 aromatic heterocycles. The monoisotopic (exact) mass is 424 g/mol. The van der Waals surface area contributed by atoms with Crippen LogP contribution >= 0.6 is 11.6 Å². The highest BCUT2D eigenvalue weighted by atomic mass is 35.5. The summed E-state index contributed by atoms with van der Waals surface area (Å²) in [6, 6.07) is 5.59. The fourth-order valence-corrected chi connectivity index (χ4v) is 3.15. The molecule has 2 aromatic rings. The number of carbonyl (C=O) groups excluding carboxylic acids is 1. The first kappa shape index (κ1) is 20.7. The maximum atomic E-state index is 14.6. The van der Waals surface area contributed by atoms with Gasteiger partial charge in [0.1, 0.15) is 17.3 Å². The first-order valence-electron chi connectivity index (χ1n) is 8.38. The summed E-state index contributed by atoms with van der Waals surface area (Å²) in [5.74, 6) is -2.73. The molecule has 1 aliphatic rings. The summed E-state index contributed by atoms with van der Waals surface area (Å²) in [6.07, 6.45) is -1.85. The number of ether oxygens (including phenoxy) is 1. The van der Waals surface area contributed by atoms with Gasteiger partial charge in [-0.2, -0.15) is 0 Å². The summed E-state index contributed by atoms with van der Waals surface area (Å²) in [4.78, 5) is 20.0. The van der Waals surface area contributed by atoms with Gasteiger partial charge in [0.2, 0.25) is 0 Å². The Bertz CT molecular complexity index is 997. The van der Waals surface area contributed by atoms with Crippen molar-refractivity contribution in [3.05, 3.63) is 71.0 Å². The molecule has 0 saturated carbocycles. The number of rotatable bonds is 4. The molecule has 0 spiro atoms. The van der Waals surface area contributed by atoms with Crippen molar-refractivity contribution in [3.8, 4) is 0 Å². The Hall–Kier alpha value is -3.07. The van der Waals surface area contributed by atoms with Crippen LogP contribution in [0.15, 0.2) is 53.9 Å². The van der Waals surface area contributed by atoms with Gasteiger partial charge in [-0.15, -0.1) is 0 Å². The van der Waals surface area contributed by atoms with Gasteiger partial charge >= 0.3 is 0 Å². The molecule has 0 fully saturated rings. The van der Waals surface area contributed by atoms with Crippen LogP contribution in [-0.2, 0) is 10.3 Å². The second-order valence-electron chi connectivity index (χ2n) is 6.38. The van der Waals surface area contributed by atoms with E-state index < -0.39 is 41.2 Å².